The van der Waals surface area contributed by atoms with Crippen molar-refractivity contribution in [1.29, 1.82) is 0 Å². The number of anilines is 2. The Hall–Kier alpha value is -4.24. The van der Waals surface area contributed by atoms with E-state index in [-0.39, 0.29) is 17.4 Å². The van der Waals surface area contributed by atoms with E-state index in [1.165, 1.54) is 18.9 Å². The molecule has 3 N–H and O–H groups in total. The molecular weight excluding hydrogens is 581 g/mol. The second kappa shape index (κ2) is 14.4. The van der Waals surface area contributed by atoms with Gasteiger partial charge in [0.05, 0.1) is 18.6 Å². The van der Waals surface area contributed by atoms with Gasteiger partial charge in [0, 0.05) is 26.2 Å². The fourth-order valence-corrected chi connectivity index (χ4v) is 4.61. The molecule has 0 aliphatic heterocycles. The van der Waals surface area contributed by atoms with Crippen LogP contribution in [-0.2, 0) is 9.59 Å². The average Bonchev–Trinajstić information content (AvgIpc) is 2.98. The van der Waals surface area contributed by atoms with Crippen LogP contribution in [0.4, 0.5) is 11.4 Å². The number of ether oxygens (including phenoxy) is 1. The van der Waals surface area contributed by atoms with Gasteiger partial charge in [-0.2, -0.15) is 0 Å². The number of rotatable bonds is 10. The van der Waals surface area contributed by atoms with Gasteiger partial charge in [0.2, 0.25) is 5.91 Å². The lowest BCUT2D eigenvalue weighted by atomic mass is 10.1. The standard InChI is InChI=1S/C31H25Cl2N3O4S/c1-40-28-16-11-23(33)18-26(28)35-29(37)19-41-25-14-12-24(13-15-25)34-31(39)27(17-20-7-9-22(32)10-8-20)36-30(38)21-5-3-2-4-6-21/h2-18H,19H2,1H3,(H,34,39)(H,35,37)(H,36,38)/b27-17-. The van der Waals surface area contributed by atoms with Gasteiger partial charge in [0.25, 0.3) is 11.8 Å². The van der Waals surface area contributed by atoms with Crippen molar-refractivity contribution in [2.24, 2.45) is 0 Å². The third-order valence-electron chi connectivity index (χ3n) is 5.63. The maximum Gasteiger partial charge on any atom is 0.272 e. The summed E-state index contributed by atoms with van der Waals surface area (Å²) in [6, 6.07) is 27.5. The van der Waals surface area contributed by atoms with Crippen LogP contribution in [0.5, 0.6) is 5.75 Å². The van der Waals surface area contributed by atoms with Gasteiger partial charge in [-0.1, -0.05) is 53.5 Å². The summed E-state index contributed by atoms with van der Waals surface area (Å²) in [5, 5.41) is 9.35. The first kappa shape index (κ1) is 29.7. The van der Waals surface area contributed by atoms with Crippen molar-refractivity contribution in [3.8, 4) is 5.75 Å². The Morgan fingerprint density at radius 2 is 1.51 bits per heavy atom. The molecule has 0 atom stereocenters. The van der Waals surface area contributed by atoms with Gasteiger partial charge in [-0.25, -0.2) is 0 Å². The van der Waals surface area contributed by atoms with Gasteiger partial charge in [0.1, 0.15) is 11.4 Å². The van der Waals surface area contributed by atoms with Crippen LogP contribution in [0.2, 0.25) is 10.0 Å². The van der Waals surface area contributed by atoms with E-state index in [2.05, 4.69) is 16.0 Å². The highest BCUT2D eigenvalue weighted by atomic mass is 35.5. The number of amides is 3. The molecule has 0 spiro atoms. The smallest absolute Gasteiger partial charge is 0.272 e. The number of carbonyl (C=O) groups is 3. The molecule has 0 saturated carbocycles. The first-order chi connectivity index (χ1) is 19.8. The van der Waals surface area contributed by atoms with Crippen molar-refractivity contribution in [1.82, 2.24) is 5.32 Å². The average molecular weight is 607 g/mol. The summed E-state index contributed by atoms with van der Waals surface area (Å²) in [5.41, 5.74) is 2.18. The molecule has 0 aromatic heterocycles. The SMILES string of the molecule is COc1ccc(Cl)cc1NC(=O)CSc1ccc(NC(=O)/C(=C/c2ccc(Cl)cc2)NC(=O)c2ccccc2)cc1. The van der Waals surface area contributed by atoms with Crippen LogP contribution in [0.1, 0.15) is 15.9 Å². The zero-order valence-electron chi connectivity index (χ0n) is 21.8. The molecule has 0 aliphatic carbocycles. The highest BCUT2D eigenvalue weighted by Gasteiger charge is 2.15. The Kier molecular flexibility index (Phi) is 10.5. The minimum atomic E-state index is -0.500. The van der Waals surface area contributed by atoms with Crippen molar-refractivity contribution < 1.29 is 19.1 Å². The van der Waals surface area contributed by atoms with Crippen molar-refractivity contribution in [3.05, 3.63) is 124 Å². The summed E-state index contributed by atoms with van der Waals surface area (Å²) < 4.78 is 5.26. The van der Waals surface area contributed by atoms with Crippen LogP contribution in [0, 0.1) is 0 Å². The lowest BCUT2D eigenvalue weighted by molar-refractivity contribution is -0.114. The first-order valence-electron chi connectivity index (χ1n) is 12.3. The van der Waals surface area contributed by atoms with Gasteiger partial charge in [-0.15, -0.1) is 11.8 Å². The molecule has 41 heavy (non-hydrogen) atoms. The Labute approximate surface area is 251 Å². The molecule has 0 aliphatic rings. The number of thioether (sulfide) groups is 1. The topological polar surface area (TPSA) is 96.5 Å². The molecule has 0 unspecified atom stereocenters. The van der Waals surface area contributed by atoms with E-state index >= 15 is 0 Å². The molecule has 208 valence electrons. The van der Waals surface area contributed by atoms with Gasteiger partial charge < -0.3 is 20.7 Å². The molecule has 10 heteroatoms. The molecule has 0 radical (unpaired) electrons. The van der Waals surface area contributed by atoms with Crippen molar-refractivity contribution in [2.75, 3.05) is 23.5 Å². The number of halogens is 2. The largest absolute Gasteiger partial charge is 0.495 e. The fourth-order valence-electron chi connectivity index (χ4n) is 3.61. The predicted molar refractivity (Wildman–Crippen MR) is 166 cm³/mol. The van der Waals surface area contributed by atoms with Gasteiger partial charge >= 0.3 is 0 Å². The quantitative estimate of drug-likeness (QED) is 0.132. The Morgan fingerprint density at radius 3 is 2.20 bits per heavy atom. The normalized spacial score (nSPS) is 11.0. The van der Waals surface area contributed by atoms with Crippen LogP contribution in [0.3, 0.4) is 0 Å². The molecule has 7 nitrogen and oxygen atoms in total. The number of nitrogens with one attached hydrogen (secondary N) is 3. The Balaban J connectivity index is 1.40. The number of benzene rings is 4. The van der Waals surface area contributed by atoms with E-state index in [1.54, 1.807) is 103 Å². The lowest BCUT2D eigenvalue weighted by Crippen LogP contribution is -2.30. The van der Waals surface area contributed by atoms with Crippen LogP contribution >= 0.6 is 35.0 Å². The van der Waals surface area contributed by atoms with Gasteiger partial charge in [0.15, 0.2) is 0 Å². The molecule has 0 bridgehead atoms. The summed E-state index contributed by atoms with van der Waals surface area (Å²) in [6.07, 6.45) is 1.57. The first-order valence-corrected chi connectivity index (χ1v) is 14.1. The predicted octanol–water partition coefficient (Wildman–Crippen LogP) is 7.14. The second-order valence-corrected chi connectivity index (χ2v) is 10.5. The molecular formula is C31H25Cl2N3O4S. The van der Waals surface area contributed by atoms with E-state index in [0.717, 1.165) is 4.90 Å². The number of methoxy groups -OCH3 is 1. The lowest BCUT2D eigenvalue weighted by Gasteiger charge is -2.12. The van der Waals surface area contributed by atoms with E-state index in [1.807, 2.05) is 0 Å². The Morgan fingerprint density at radius 1 is 0.829 bits per heavy atom. The monoisotopic (exact) mass is 605 g/mol. The molecule has 0 heterocycles. The second-order valence-electron chi connectivity index (χ2n) is 8.59. The van der Waals surface area contributed by atoms with E-state index in [4.69, 9.17) is 27.9 Å². The maximum absolute atomic E-state index is 13.2. The minimum Gasteiger partial charge on any atom is -0.495 e. The summed E-state index contributed by atoms with van der Waals surface area (Å²) in [5.74, 6) is -0.474. The number of hydrogen-bond donors (Lipinski definition) is 3. The van der Waals surface area contributed by atoms with Crippen LogP contribution < -0.4 is 20.7 Å². The van der Waals surface area contributed by atoms with Crippen LogP contribution in [-0.4, -0.2) is 30.6 Å². The van der Waals surface area contributed by atoms with Crippen LogP contribution in [0.25, 0.3) is 6.08 Å². The van der Waals surface area contributed by atoms with E-state index in [9.17, 15) is 14.4 Å². The summed E-state index contributed by atoms with van der Waals surface area (Å²) >= 11 is 13.3. The van der Waals surface area contributed by atoms with Crippen molar-refractivity contribution in [2.45, 2.75) is 4.90 Å². The molecule has 4 aromatic rings. The van der Waals surface area contributed by atoms with Gasteiger partial charge in [-0.05, 0) is 78.4 Å². The summed E-state index contributed by atoms with van der Waals surface area (Å²) in [7, 11) is 1.52. The summed E-state index contributed by atoms with van der Waals surface area (Å²) in [6.45, 7) is 0. The third kappa shape index (κ3) is 8.88. The highest BCUT2D eigenvalue weighted by molar-refractivity contribution is 8.00. The molecule has 0 fully saturated rings. The van der Waals surface area contributed by atoms with Crippen molar-refractivity contribution >= 4 is 70.1 Å². The molecule has 4 rings (SSSR count). The van der Waals surface area contributed by atoms with Crippen molar-refractivity contribution in [3.63, 3.8) is 0 Å². The number of hydrogen-bond acceptors (Lipinski definition) is 5. The summed E-state index contributed by atoms with van der Waals surface area (Å²) in [4.78, 5) is 39.3. The highest BCUT2D eigenvalue weighted by Crippen LogP contribution is 2.28. The molecule has 0 saturated heterocycles. The third-order valence-corrected chi connectivity index (χ3v) is 7.13. The van der Waals surface area contributed by atoms with E-state index < -0.39 is 11.8 Å². The number of carbonyl (C=O) groups excluding carboxylic acids is 3. The zero-order chi connectivity index (χ0) is 29.2. The van der Waals surface area contributed by atoms with E-state index in [0.29, 0.717) is 38.3 Å². The maximum atomic E-state index is 13.2. The fraction of sp³-hybridized carbons (Fsp3) is 0.0645. The Bertz CT molecular complexity index is 1560. The molecule has 3 amide bonds. The minimum absolute atomic E-state index is 0.0627. The zero-order valence-corrected chi connectivity index (χ0v) is 24.1. The molecule has 4 aromatic carbocycles. The van der Waals surface area contributed by atoms with Crippen LogP contribution in [0.15, 0.2) is 108 Å². The van der Waals surface area contributed by atoms with Gasteiger partial charge in [-0.3, -0.25) is 14.4 Å².